The van der Waals surface area contributed by atoms with Crippen LogP contribution < -0.4 is 21.2 Å². The molecule has 0 aliphatic heterocycles. The van der Waals surface area contributed by atoms with Gasteiger partial charge in [0, 0.05) is 0 Å². The molecule has 0 saturated heterocycles. The van der Waals surface area contributed by atoms with Crippen molar-refractivity contribution in [2.24, 2.45) is 0 Å². The molecule has 158 valence electrons. The molecule has 3 rings (SSSR count). The Morgan fingerprint density at radius 1 is 0.800 bits per heavy atom. The molecular formula is C25H31N2O2P. The molecule has 3 aromatic rings. The van der Waals surface area contributed by atoms with Crippen LogP contribution >= 0.6 is 7.26 Å². The third-order valence-electron chi connectivity index (χ3n) is 5.55. The third-order valence-corrected chi connectivity index (χ3v) is 10.5. The number of urea groups is 1. The van der Waals surface area contributed by atoms with Crippen molar-refractivity contribution in [3.63, 3.8) is 0 Å². The summed E-state index contributed by atoms with van der Waals surface area (Å²) in [6.07, 6.45) is 0.939. The quantitative estimate of drug-likeness (QED) is 0.426. The van der Waals surface area contributed by atoms with Crippen LogP contribution in [0, 0.1) is 0 Å². The molecular weight excluding hydrogens is 391 g/mol. The van der Waals surface area contributed by atoms with Gasteiger partial charge in [-0.2, -0.15) is 0 Å². The predicted octanol–water partition coefficient (Wildman–Crippen LogP) is 3.00. The van der Waals surface area contributed by atoms with Gasteiger partial charge in [0.2, 0.25) is 0 Å². The van der Waals surface area contributed by atoms with Crippen molar-refractivity contribution in [3.8, 4) is 0 Å². The summed E-state index contributed by atoms with van der Waals surface area (Å²) < 4.78 is 6.03. The molecule has 2 amide bonds. The van der Waals surface area contributed by atoms with Crippen LogP contribution in [0.5, 0.6) is 0 Å². The number of benzene rings is 3. The number of rotatable bonds is 9. The minimum absolute atomic E-state index is 0.0971. The van der Waals surface area contributed by atoms with Crippen molar-refractivity contribution >= 4 is 29.2 Å². The molecule has 0 heterocycles. The molecule has 0 saturated carbocycles. The number of carbonyl (C=O) groups is 1. The fraction of sp³-hybridized carbons (Fsp3) is 0.240. The Morgan fingerprint density at radius 2 is 1.23 bits per heavy atom. The molecule has 0 atom stereocenters. The van der Waals surface area contributed by atoms with Gasteiger partial charge in [-0.15, -0.1) is 0 Å². The number of amides is 2. The Morgan fingerprint density at radius 3 is 1.63 bits per heavy atom. The minimum atomic E-state index is -2.25. The van der Waals surface area contributed by atoms with Crippen molar-refractivity contribution in [1.82, 2.24) is 10.2 Å². The van der Waals surface area contributed by atoms with Gasteiger partial charge in [-0.1, -0.05) is 0 Å². The summed E-state index contributed by atoms with van der Waals surface area (Å²) in [5.41, 5.74) is 0. The van der Waals surface area contributed by atoms with E-state index in [2.05, 4.69) is 96.3 Å². The van der Waals surface area contributed by atoms with Crippen LogP contribution in [0.2, 0.25) is 0 Å². The van der Waals surface area contributed by atoms with Gasteiger partial charge in [0.05, 0.1) is 0 Å². The van der Waals surface area contributed by atoms with E-state index in [9.17, 15) is 4.79 Å². The van der Waals surface area contributed by atoms with Crippen molar-refractivity contribution < 1.29 is 9.53 Å². The molecule has 0 unspecified atom stereocenters. The molecule has 0 aliphatic carbocycles. The van der Waals surface area contributed by atoms with Crippen molar-refractivity contribution in [1.29, 1.82) is 0 Å². The molecule has 0 radical (unpaired) electrons. The van der Waals surface area contributed by atoms with Gasteiger partial charge in [0.15, 0.2) is 0 Å². The number of carbonyl (C=O) groups excluding carboxylic acids is 1. The molecule has 5 heteroatoms. The Kier molecular flexibility index (Phi) is 8.01. The van der Waals surface area contributed by atoms with Gasteiger partial charge in [0.25, 0.3) is 0 Å². The molecule has 4 nitrogen and oxygen atoms in total. The van der Waals surface area contributed by atoms with Gasteiger partial charge in [0.1, 0.15) is 0 Å². The summed E-state index contributed by atoms with van der Waals surface area (Å²) in [5.74, 6) is 0. The monoisotopic (exact) mass is 422 g/mol. The van der Waals surface area contributed by atoms with Gasteiger partial charge in [-0.25, -0.2) is 0 Å². The number of ether oxygens (including phenoxy) is 1. The van der Waals surface area contributed by atoms with Crippen LogP contribution in [0.25, 0.3) is 0 Å². The second kappa shape index (κ2) is 10.9. The normalized spacial score (nSPS) is 11.7. The number of likely N-dealkylation sites (N-methyl/N-ethyl adjacent to an activating group) is 1. The zero-order chi connectivity index (χ0) is 21.2. The molecule has 0 aliphatic rings. The van der Waals surface area contributed by atoms with Crippen LogP contribution in [0.3, 0.4) is 0 Å². The maximum atomic E-state index is 11.7. The Balaban J connectivity index is 1.87. The first-order valence-electron chi connectivity index (χ1n) is 10.4. The van der Waals surface area contributed by atoms with Crippen LogP contribution in [0.15, 0.2) is 91.0 Å². The summed E-state index contributed by atoms with van der Waals surface area (Å²) in [6.45, 7) is 1.73. The Bertz CT molecular complexity index is 808. The standard InChI is InChI=1S/C25H31N2O2P/c1-26-25(28)27(2)18-19-29-20-21-30(22-12-6-3-7-13-22,23-14-8-4-9-15-23)24-16-10-5-11-17-24/h3-17,30H,18-21H2,1-2H3,(H,26,28). The maximum absolute atomic E-state index is 11.7. The summed E-state index contributed by atoms with van der Waals surface area (Å²) >= 11 is 0. The number of hydrogen-bond acceptors (Lipinski definition) is 2. The number of nitrogens with zero attached hydrogens (tertiary/aromatic N) is 1. The molecule has 3 aromatic carbocycles. The third kappa shape index (κ3) is 5.08. The Hall–Kier alpha value is -2.68. The molecule has 0 bridgehead atoms. The van der Waals surface area contributed by atoms with E-state index < -0.39 is 7.26 Å². The SMILES string of the molecule is CNC(=O)N(C)CCOCC[PH](c1ccccc1)(c1ccccc1)c1ccccc1. The fourth-order valence-electron chi connectivity index (χ4n) is 3.92. The van der Waals surface area contributed by atoms with E-state index >= 15 is 0 Å². The van der Waals surface area contributed by atoms with Gasteiger partial charge < -0.3 is 0 Å². The van der Waals surface area contributed by atoms with Crippen LogP contribution in [-0.4, -0.2) is 50.9 Å². The first kappa shape index (κ1) is 22.0. The summed E-state index contributed by atoms with van der Waals surface area (Å²) in [4.78, 5) is 13.3. The average molecular weight is 423 g/mol. The zero-order valence-electron chi connectivity index (χ0n) is 17.8. The van der Waals surface area contributed by atoms with E-state index in [1.54, 1.807) is 19.0 Å². The predicted molar refractivity (Wildman–Crippen MR) is 129 cm³/mol. The van der Waals surface area contributed by atoms with E-state index in [0.29, 0.717) is 19.8 Å². The zero-order valence-corrected chi connectivity index (χ0v) is 18.8. The summed E-state index contributed by atoms with van der Waals surface area (Å²) in [7, 11) is 1.17. The summed E-state index contributed by atoms with van der Waals surface area (Å²) in [5, 5.41) is 6.78. The summed E-state index contributed by atoms with van der Waals surface area (Å²) in [6, 6.07) is 32.4. The fourth-order valence-corrected chi connectivity index (χ4v) is 8.52. The van der Waals surface area contributed by atoms with E-state index in [1.807, 2.05) is 0 Å². The topological polar surface area (TPSA) is 41.6 Å². The average Bonchev–Trinajstić information content (AvgIpc) is 2.82. The van der Waals surface area contributed by atoms with E-state index in [-0.39, 0.29) is 6.03 Å². The van der Waals surface area contributed by atoms with Gasteiger partial charge in [-0.05, 0) is 0 Å². The van der Waals surface area contributed by atoms with Crippen LogP contribution in [-0.2, 0) is 4.74 Å². The van der Waals surface area contributed by atoms with Crippen molar-refractivity contribution in [3.05, 3.63) is 91.0 Å². The van der Waals surface area contributed by atoms with Gasteiger partial charge in [-0.3, -0.25) is 0 Å². The van der Waals surface area contributed by atoms with E-state index in [4.69, 9.17) is 4.74 Å². The first-order valence-corrected chi connectivity index (χ1v) is 12.6. The van der Waals surface area contributed by atoms with Crippen molar-refractivity contribution in [2.75, 3.05) is 40.0 Å². The molecule has 0 aromatic heterocycles. The second-order valence-electron chi connectivity index (χ2n) is 7.34. The molecule has 30 heavy (non-hydrogen) atoms. The first-order chi connectivity index (χ1) is 14.7. The van der Waals surface area contributed by atoms with Crippen LogP contribution in [0.1, 0.15) is 0 Å². The number of nitrogens with one attached hydrogen (secondary N) is 1. The molecule has 0 fully saturated rings. The molecule has 0 spiro atoms. The molecule has 1 N–H and O–H groups in total. The second-order valence-corrected chi connectivity index (χ2v) is 11.4. The number of hydrogen-bond donors (Lipinski definition) is 1. The van der Waals surface area contributed by atoms with Gasteiger partial charge >= 0.3 is 180 Å². The van der Waals surface area contributed by atoms with E-state index in [0.717, 1.165) is 6.16 Å². The van der Waals surface area contributed by atoms with Crippen LogP contribution in [0.4, 0.5) is 4.79 Å². The van der Waals surface area contributed by atoms with Crippen molar-refractivity contribution in [2.45, 2.75) is 0 Å². The van der Waals surface area contributed by atoms with E-state index in [1.165, 1.54) is 15.9 Å². The Labute approximate surface area is 180 Å².